The van der Waals surface area contributed by atoms with E-state index >= 15 is 0 Å². The first kappa shape index (κ1) is 7.81. The van der Waals surface area contributed by atoms with Crippen LogP contribution < -0.4 is 4.98 Å². The number of hydrogen-bond acceptors (Lipinski definition) is 2. The van der Waals surface area contributed by atoms with E-state index in [1.54, 1.807) is 12.1 Å². The van der Waals surface area contributed by atoms with Gasteiger partial charge in [-0.25, -0.2) is 0 Å². The van der Waals surface area contributed by atoms with Crippen molar-refractivity contribution in [3.8, 4) is 0 Å². The molecule has 3 nitrogen and oxygen atoms in total. The number of aromatic amines is 1. The van der Waals surface area contributed by atoms with Crippen LogP contribution in [0.3, 0.4) is 0 Å². The minimum Gasteiger partial charge on any atom is -0.193 e. The molecule has 0 bridgehead atoms. The van der Waals surface area contributed by atoms with Gasteiger partial charge in [0.1, 0.15) is 5.69 Å². The Balaban J connectivity index is 3.18. The van der Waals surface area contributed by atoms with E-state index < -0.39 is 0 Å². The molecule has 52 valence electrons. The normalized spacial score (nSPS) is 9.40. The highest BCUT2D eigenvalue weighted by Gasteiger charge is 2.03. The Morgan fingerprint density at radius 1 is 1.30 bits per heavy atom. The van der Waals surface area contributed by atoms with Crippen LogP contribution in [-0.2, 0) is 0 Å². The fourth-order valence-corrected chi connectivity index (χ4v) is 1.70. The summed E-state index contributed by atoms with van der Waals surface area (Å²) < 4.78 is 1.44. The molecule has 0 unspecified atom stereocenters. The second-order valence-electron chi connectivity index (χ2n) is 1.63. The maximum Gasteiger partial charge on any atom is 0.249 e. The highest BCUT2D eigenvalue weighted by Crippen LogP contribution is 2.17. The smallest absolute Gasteiger partial charge is 0.193 e. The lowest BCUT2D eigenvalue weighted by atomic mass is 10.4. The molecule has 1 rings (SSSR count). The van der Waals surface area contributed by atoms with E-state index in [1.165, 1.54) is 0 Å². The Hall–Kier alpha value is -0.290. The fraction of sp³-hybridized carbons (Fsp3) is 0. The summed E-state index contributed by atoms with van der Waals surface area (Å²) in [6.07, 6.45) is 0. The van der Waals surface area contributed by atoms with E-state index in [0.29, 0.717) is 5.69 Å². The van der Waals surface area contributed by atoms with Crippen molar-refractivity contribution >= 4 is 37.5 Å². The van der Waals surface area contributed by atoms with E-state index in [4.69, 9.17) is 0 Å². The van der Waals surface area contributed by atoms with Gasteiger partial charge in [0.05, 0.1) is 0 Å². The van der Waals surface area contributed by atoms with Gasteiger partial charge in [-0.15, -0.1) is 4.91 Å². The van der Waals surface area contributed by atoms with E-state index in [0.717, 1.165) is 9.21 Å². The van der Waals surface area contributed by atoms with Gasteiger partial charge in [-0.2, -0.15) is 4.98 Å². The average molecular weight is 267 g/mol. The Bertz CT molecular complexity index is 244. The number of H-pyrrole nitrogens is 1. The molecule has 0 aliphatic heterocycles. The lowest BCUT2D eigenvalue weighted by Crippen LogP contribution is -2.04. The van der Waals surface area contributed by atoms with Crippen LogP contribution in [0.2, 0.25) is 0 Å². The highest BCUT2D eigenvalue weighted by atomic mass is 79.9. The van der Waals surface area contributed by atoms with Gasteiger partial charge in [0.2, 0.25) is 9.21 Å². The number of nitroso groups, excluding NO2 is 1. The minimum absolute atomic E-state index is 0.387. The standard InChI is InChI=1S/C5H2Br2N2O/c6-4-1-3(9-10)2-5(7)8-4/h1-2H/p+1. The third kappa shape index (κ3) is 1.85. The van der Waals surface area contributed by atoms with Crippen LogP contribution in [0.25, 0.3) is 0 Å². The largest absolute Gasteiger partial charge is 0.249 e. The predicted molar refractivity (Wildman–Crippen MR) is 43.9 cm³/mol. The van der Waals surface area contributed by atoms with Crippen molar-refractivity contribution in [3.05, 3.63) is 26.2 Å². The SMILES string of the molecule is O=Nc1cc(Br)[nH+]c(Br)c1. The maximum absolute atomic E-state index is 10.0. The first-order valence-corrected chi connectivity index (χ1v) is 4.02. The predicted octanol–water partition coefficient (Wildman–Crippen LogP) is 2.42. The Labute approximate surface area is 74.1 Å². The van der Waals surface area contributed by atoms with Crippen LogP contribution in [0.4, 0.5) is 5.69 Å². The van der Waals surface area contributed by atoms with Crippen molar-refractivity contribution in [3.63, 3.8) is 0 Å². The molecule has 0 saturated carbocycles. The molecular formula is C5H3Br2N2O+. The van der Waals surface area contributed by atoms with Crippen molar-refractivity contribution in [1.29, 1.82) is 0 Å². The number of nitrogens with zero attached hydrogens (tertiary/aromatic N) is 1. The Morgan fingerprint density at radius 2 is 1.80 bits per heavy atom. The van der Waals surface area contributed by atoms with Crippen LogP contribution >= 0.6 is 31.9 Å². The molecule has 1 aromatic rings. The summed E-state index contributed by atoms with van der Waals surface area (Å²) in [6, 6.07) is 3.19. The summed E-state index contributed by atoms with van der Waals surface area (Å²) in [6.45, 7) is 0. The van der Waals surface area contributed by atoms with Crippen LogP contribution in [0.1, 0.15) is 0 Å². The molecule has 1 aromatic heterocycles. The summed E-state index contributed by atoms with van der Waals surface area (Å²) in [5, 5.41) is 2.76. The van der Waals surface area contributed by atoms with Gasteiger partial charge < -0.3 is 0 Å². The summed E-state index contributed by atoms with van der Waals surface area (Å²) in [5.41, 5.74) is 0.387. The molecule has 1 N–H and O–H groups in total. The molecule has 0 fully saturated rings. The summed E-state index contributed by atoms with van der Waals surface area (Å²) in [5.74, 6) is 0. The van der Waals surface area contributed by atoms with Gasteiger partial charge in [0.15, 0.2) is 0 Å². The summed E-state index contributed by atoms with van der Waals surface area (Å²) >= 11 is 6.34. The molecule has 10 heavy (non-hydrogen) atoms. The van der Waals surface area contributed by atoms with Crippen molar-refractivity contribution in [2.24, 2.45) is 5.18 Å². The second-order valence-corrected chi connectivity index (χ2v) is 3.33. The highest BCUT2D eigenvalue weighted by molar-refractivity contribution is 9.11. The number of hydrogen-bond donors (Lipinski definition) is 0. The third-order valence-corrected chi connectivity index (χ3v) is 1.75. The zero-order valence-electron chi connectivity index (χ0n) is 4.77. The van der Waals surface area contributed by atoms with Crippen molar-refractivity contribution in [2.75, 3.05) is 0 Å². The zero-order valence-corrected chi connectivity index (χ0v) is 7.94. The van der Waals surface area contributed by atoms with Crippen molar-refractivity contribution < 1.29 is 4.98 Å². The van der Waals surface area contributed by atoms with E-state index in [-0.39, 0.29) is 0 Å². The Kier molecular flexibility index (Phi) is 2.50. The van der Waals surface area contributed by atoms with E-state index in [9.17, 15) is 4.91 Å². The average Bonchev–Trinajstić information content (AvgIpc) is 1.85. The number of pyridine rings is 1. The molecule has 0 aromatic carbocycles. The van der Waals surface area contributed by atoms with Crippen molar-refractivity contribution in [1.82, 2.24) is 0 Å². The number of nitrogens with one attached hydrogen (secondary N) is 1. The van der Waals surface area contributed by atoms with Crippen LogP contribution in [0, 0.1) is 4.91 Å². The quantitative estimate of drug-likeness (QED) is 0.569. The topological polar surface area (TPSA) is 43.6 Å². The van der Waals surface area contributed by atoms with Crippen LogP contribution in [-0.4, -0.2) is 0 Å². The van der Waals surface area contributed by atoms with Gasteiger partial charge >= 0.3 is 0 Å². The van der Waals surface area contributed by atoms with Crippen molar-refractivity contribution in [2.45, 2.75) is 0 Å². The molecule has 0 aliphatic rings. The lowest BCUT2D eigenvalue weighted by molar-refractivity contribution is -0.406. The fourth-order valence-electron chi connectivity index (χ4n) is 0.540. The van der Waals surface area contributed by atoms with Crippen LogP contribution in [0.15, 0.2) is 26.5 Å². The summed E-state index contributed by atoms with van der Waals surface area (Å²) in [4.78, 5) is 12.9. The first-order chi connectivity index (χ1) is 4.72. The number of rotatable bonds is 1. The van der Waals surface area contributed by atoms with Gasteiger partial charge in [0.25, 0.3) is 0 Å². The second kappa shape index (κ2) is 3.21. The molecular weight excluding hydrogens is 264 g/mol. The van der Waals surface area contributed by atoms with Gasteiger partial charge in [0, 0.05) is 44.0 Å². The van der Waals surface area contributed by atoms with Gasteiger partial charge in [-0.3, -0.25) is 0 Å². The number of aromatic nitrogens is 1. The third-order valence-electron chi connectivity index (χ3n) is 0.893. The van der Waals surface area contributed by atoms with Gasteiger partial charge in [-0.1, -0.05) is 0 Å². The monoisotopic (exact) mass is 265 g/mol. The van der Waals surface area contributed by atoms with Crippen LogP contribution in [0.5, 0.6) is 0 Å². The number of halogens is 2. The molecule has 0 saturated heterocycles. The zero-order chi connectivity index (χ0) is 7.56. The minimum atomic E-state index is 0.387. The van der Waals surface area contributed by atoms with E-state index in [1.807, 2.05) is 0 Å². The molecule has 0 atom stereocenters. The summed E-state index contributed by atoms with van der Waals surface area (Å²) in [7, 11) is 0. The molecule has 0 spiro atoms. The molecule has 5 heteroatoms. The first-order valence-electron chi connectivity index (χ1n) is 2.44. The van der Waals surface area contributed by atoms with E-state index in [2.05, 4.69) is 42.0 Å². The molecule has 0 aliphatic carbocycles. The molecule has 0 amide bonds. The maximum atomic E-state index is 10.0. The lowest BCUT2D eigenvalue weighted by Gasteiger charge is -1.85. The Morgan fingerprint density at radius 3 is 2.20 bits per heavy atom. The van der Waals surface area contributed by atoms with Gasteiger partial charge in [-0.05, 0) is 5.18 Å². The molecule has 0 radical (unpaired) electrons. The molecule has 1 heterocycles.